The van der Waals surface area contributed by atoms with Gasteiger partial charge in [-0.3, -0.25) is 9.59 Å². The van der Waals surface area contributed by atoms with Crippen molar-refractivity contribution in [1.29, 1.82) is 0 Å². The molecule has 2 aliphatic heterocycles. The first-order valence-corrected chi connectivity index (χ1v) is 8.07. The SMILES string of the molecule is COc1ccccc1N1C[C@H](C(=O)N2CCOC[C@@H]2C(=O)O)CC1=O. The number of carbonyl (C=O) groups excluding carboxylic acids is 2. The average molecular weight is 348 g/mol. The molecule has 2 aliphatic rings. The molecule has 8 heteroatoms. The third-order valence-corrected chi connectivity index (χ3v) is 4.55. The Hall–Kier alpha value is -2.61. The second kappa shape index (κ2) is 7.10. The molecule has 0 unspecified atom stereocenters. The van der Waals surface area contributed by atoms with E-state index in [0.717, 1.165) is 0 Å². The maximum Gasteiger partial charge on any atom is 0.328 e. The number of hydrogen-bond acceptors (Lipinski definition) is 5. The van der Waals surface area contributed by atoms with Gasteiger partial charge in [0.1, 0.15) is 5.75 Å². The maximum atomic E-state index is 12.8. The number of methoxy groups -OCH3 is 1. The van der Waals surface area contributed by atoms with E-state index >= 15 is 0 Å². The number of ether oxygens (including phenoxy) is 2. The molecule has 8 nitrogen and oxygen atoms in total. The van der Waals surface area contributed by atoms with Crippen molar-refractivity contribution in [2.75, 3.05) is 38.3 Å². The Labute approximate surface area is 144 Å². The number of benzene rings is 1. The summed E-state index contributed by atoms with van der Waals surface area (Å²) in [6.07, 6.45) is 0.0561. The molecule has 1 N–H and O–H groups in total. The fourth-order valence-electron chi connectivity index (χ4n) is 3.27. The maximum absolute atomic E-state index is 12.8. The molecule has 25 heavy (non-hydrogen) atoms. The molecule has 1 aromatic carbocycles. The predicted molar refractivity (Wildman–Crippen MR) is 87.4 cm³/mol. The minimum atomic E-state index is -1.10. The number of carboxylic acids is 1. The van der Waals surface area contributed by atoms with Crippen molar-refractivity contribution in [3.8, 4) is 5.75 Å². The summed E-state index contributed by atoms with van der Waals surface area (Å²) in [4.78, 5) is 39.4. The zero-order valence-electron chi connectivity index (χ0n) is 13.9. The number of carboxylic acid groups (broad SMARTS) is 1. The highest BCUT2D eigenvalue weighted by Gasteiger charge is 2.42. The highest BCUT2D eigenvalue weighted by Crippen LogP contribution is 2.33. The Kier molecular flexibility index (Phi) is 4.89. The number of morpholine rings is 1. The van der Waals surface area contributed by atoms with Gasteiger partial charge in [-0.25, -0.2) is 4.79 Å². The van der Waals surface area contributed by atoms with E-state index < -0.39 is 17.9 Å². The highest BCUT2D eigenvalue weighted by atomic mass is 16.5. The van der Waals surface area contributed by atoms with Crippen LogP contribution >= 0.6 is 0 Å². The number of carbonyl (C=O) groups is 3. The summed E-state index contributed by atoms with van der Waals surface area (Å²) in [5.74, 6) is -1.61. The molecule has 2 amide bonds. The lowest BCUT2D eigenvalue weighted by Crippen LogP contribution is -2.54. The zero-order valence-corrected chi connectivity index (χ0v) is 13.9. The molecule has 2 fully saturated rings. The number of aliphatic carboxylic acids is 1. The molecule has 2 saturated heterocycles. The van der Waals surface area contributed by atoms with Crippen LogP contribution in [0.25, 0.3) is 0 Å². The molecular weight excluding hydrogens is 328 g/mol. The van der Waals surface area contributed by atoms with Gasteiger partial charge >= 0.3 is 5.97 Å². The quantitative estimate of drug-likeness (QED) is 0.844. The lowest BCUT2D eigenvalue weighted by molar-refractivity contribution is -0.160. The van der Waals surface area contributed by atoms with Crippen molar-refractivity contribution in [2.45, 2.75) is 12.5 Å². The van der Waals surface area contributed by atoms with Crippen LogP contribution in [-0.4, -0.2) is 67.2 Å². The summed E-state index contributed by atoms with van der Waals surface area (Å²) in [5, 5.41) is 9.28. The van der Waals surface area contributed by atoms with Crippen LogP contribution in [0.1, 0.15) is 6.42 Å². The summed E-state index contributed by atoms with van der Waals surface area (Å²) in [6.45, 7) is 0.696. The molecule has 2 heterocycles. The number of hydrogen-bond donors (Lipinski definition) is 1. The van der Waals surface area contributed by atoms with Crippen molar-refractivity contribution in [3.63, 3.8) is 0 Å². The van der Waals surface area contributed by atoms with Crippen LogP contribution in [0.3, 0.4) is 0 Å². The van der Waals surface area contributed by atoms with Gasteiger partial charge in [-0.15, -0.1) is 0 Å². The van der Waals surface area contributed by atoms with Gasteiger partial charge in [0.2, 0.25) is 11.8 Å². The van der Waals surface area contributed by atoms with Crippen molar-refractivity contribution >= 4 is 23.5 Å². The van der Waals surface area contributed by atoms with E-state index in [1.54, 1.807) is 24.3 Å². The Bertz CT molecular complexity index is 691. The van der Waals surface area contributed by atoms with Gasteiger partial charge < -0.3 is 24.4 Å². The van der Waals surface area contributed by atoms with Crippen LogP contribution in [0.5, 0.6) is 5.75 Å². The van der Waals surface area contributed by atoms with Crippen LogP contribution < -0.4 is 9.64 Å². The predicted octanol–water partition coefficient (Wildman–Crippen LogP) is 0.360. The fourth-order valence-corrected chi connectivity index (χ4v) is 3.27. The van der Waals surface area contributed by atoms with Gasteiger partial charge in [-0.2, -0.15) is 0 Å². The van der Waals surface area contributed by atoms with Crippen LogP contribution in [-0.2, 0) is 19.1 Å². The fraction of sp³-hybridized carbons (Fsp3) is 0.471. The largest absolute Gasteiger partial charge is 0.495 e. The van der Waals surface area contributed by atoms with Crippen LogP contribution in [0, 0.1) is 5.92 Å². The second-order valence-electron chi connectivity index (χ2n) is 6.04. The van der Waals surface area contributed by atoms with E-state index in [-0.39, 0.29) is 37.9 Å². The van der Waals surface area contributed by atoms with E-state index in [4.69, 9.17) is 9.47 Å². The number of nitrogens with zero attached hydrogens (tertiary/aromatic N) is 2. The van der Waals surface area contributed by atoms with Crippen molar-refractivity contribution in [2.24, 2.45) is 5.92 Å². The van der Waals surface area contributed by atoms with E-state index in [1.165, 1.54) is 16.9 Å². The van der Waals surface area contributed by atoms with Crippen LogP contribution in [0.2, 0.25) is 0 Å². The molecule has 134 valence electrons. The van der Waals surface area contributed by atoms with Crippen molar-refractivity contribution in [1.82, 2.24) is 4.90 Å². The molecule has 0 spiro atoms. The monoisotopic (exact) mass is 348 g/mol. The Morgan fingerprint density at radius 2 is 2.08 bits per heavy atom. The first-order valence-electron chi connectivity index (χ1n) is 8.07. The molecule has 0 saturated carbocycles. The normalized spacial score (nSPS) is 23.6. The topological polar surface area (TPSA) is 96.4 Å². The second-order valence-corrected chi connectivity index (χ2v) is 6.04. The zero-order chi connectivity index (χ0) is 18.0. The van der Waals surface area contributed by atoms with Crippen LogP contribution in [0.4, 0.5) is 5.69 Å². The van der Waals surface area contributed by atoms with E-state index in [0.29, 0.717) is 18.0 Å². The minimum absolute atomic E-state index is 0.0298. The highest BCUT2D eigenvalue weighted by molar-refractivity contribution is 6.01. The van der Waals surface area contributed by atoms with Crippen LogP contribution in [0.15, 0.2) is 24.3 Å². The smallest absolute Gasteiger partial charge is 0.328 e. The van der Waals surface area contributed by atoms with Crippen molar-refractivity contribution in [3.05, 3.63) is 24.3 Å². The summed E-state index contributed by atoms with van der Waals surface area (Å²) < 4.78 is 10.4. The summed E-state index contributed by atoms with van der Waals surface area (Å²) in [6, 6.07) is 6.11. The molecule has 3 rings (SSSR count). The number of anilines is 1. The first-order chi connectivity index (χ1) is 12.0. The third kappa shape index (κ3) is 3.30. The van der Waals surface area contributed by atoms with Gasteiger partial charge in [-0.1, -0.05) is 12.1 Å². The van der Waals surface area contributed by atoms with Gasteiger partial charge in [0, 0.05) is 19.5 Å². The molecule has 0 aromatic heterocycles. The lowest BCUT2D eigenvalue weighted by Gasteiger charge is -2.34. The third-order valence-electron chi connectivity index (χ3n) is 4.55. The summed E-state index contributed by atoms with van der Waals surface area (Å²) in [7, 11) is 1.52. The first kappa shape index (κ1) is 17.2. The molecule has 2 atom stereocenters. The molecule has 1 aromatic rings. The molecule has 0 aliphatic carbocycles. The Morgan fingerprint density at radius 1 is 1.32 bits per heavy atom. The summed E-state index contributed by atoms with van der Waals surface area (Å²) >= 11 is 0. The van der Waals surface area contributed by atoms with Gasteiger partial charge in [-0.05, 0) is 12.1 Å². The number of amides is 2. The molecular formula is C17H20N2O6. The molecule has 0 bridgehead atoms. The van der Waals surface area contributed by atoms with E-state index in [2.05, 4.69) is 0 Å². The van der Waals surface area contributed by atoms with Gasteiger partial charge in [0.25, 0.3) is 0 Å². The minimum Gasteiger partial charge on any atom is -0.495 e. The number of para-hydroxylation sites is 2. The van der Waals surface area contributed by atoms with Gasteiger partial charge in [0.05, 0.1) is 31.9 Å². The van der Waals surface area contributed by atoms with Crippen molar-refractivity contribution < 1.29 is 29.0 Å². The van der Waals surface area contributed by atoms with E-state index in [1.807, 2.05) is 0 Å². The van der Waals surface area contributed by atoms with Gasteiger partial charge in [0.15, 0.2) is 6.04 Å². The van der Waals surface area contributed by atoms with E-state index in [9.17, 15) is 19.5 Å². The molecule has 0 radical (unpaired) electrons. The Morgan fingerprint density at radius 3 is 2.80 bits per heavy atom. The number of rotatable bonds is 4. The average Bonchev–Trinajstić information content (AvgIpc) is 3.02. The summed E-state index contributed by atoms with van der Waals surface area (Å²) in [5.41, 5.74) is 0.613. The lowest BCUT2D eigenvalue weighted by atomic mass is 10.1. The standard InChI is InChI=1S/C17H20N2O6/c1-24-14-5-3-2-4-12(14)19-9-11(8-15(19)20)16(21)18-6-7-25-10-13(18)17(22)23/h2-5,11,13H,6-10H2,1H3,(H,22,23)/t11-,13-/m1/s1. The Balaban J connectivity index is 1.77.